The molecule has 0 N–H and O–H groups in total. The zero-order valence-corrected chi connectivity index (χ0v) is 13.6. The minimum Gasteiger partial charge on any atom is -0.458 e. The van der Waals surface area contributed by atoms with Gasteiger partial charge < -0.3 is 14.0 Å². The number of ether oxygens (including phenoxy) is 2. The van der Waals surface area contributed by atoms with E-state index in [-0.39, 0.29) is 11.8 Å². The zero-order valence-electron chi connectivity index (χ0n) is 12.6. The van der Waals surface area contributed by atoms with Crippen LogP contribution in [0.2, 0.25) is 19.6 Å². The van der Waals surface area contributed by atoms with Crippen molar-refractivity contribution in [2.45, 2.75) is 59.0 Å². The van der Waals surface area contributed by atoms with E-state index in [0.717, 1.165) is 0 Å². The topological polar surface area (TPSA) is 53.4 Å². The number of esters is 1. The molecule has 1 atom stereocenters. The second kappa shape index (κ2) is 6.34. The van der Waals surface area contributed by atoms with E-state index in [4.69, 9.17) is 9.47 Å². The predicted molar refractivity (Wildman–Crippen MR) is 76.7 cm³/mol. The smallest absolute Gasteiger partial charge is 0.358 e. The number of imidazole rings is 1. The van der Waals surface area contributed by atoms with Gasteiger partial charge in [-0.25, -0.2) is 9.78 Å². The number of aromatic nitrogens is 2. The molecule has 1 heterocycles. The van der Waals surface area contributed by atoms with E-state index < -0.39 is 14.0 Å². The summed E-state index contributed by atoms with van der Waals surface area (Å²) in [4.78, 5) is 15.7. The van der Waals surface area contributed by atoms with Crippen LogP contribution in [-0.2, 0) is 16.2 Å². The molecule has 5 nitrogen and oxygen atoms in total. The lowest BCUT2D eigenvalue weighted by Gasteiger charge is -2.25. The molecular formula is C13H24N2O3Si. The summed E-state index contributed by atoms with van der Waals surface area (Å²) in [6.07, 6.45) is 3.11. The van der Waals surface area contributed by atoms with Crippen LogP contribution in [-0.4, -0.2) is 35.4 Å². The lowest BCUT2D eigenvalue weighted by Crippen LogP contribution is -2.38. The number of rotatable bonds is 6. The maximum Gasteiger partial charge on any atom is 0.358 e. The molecule has 108 valence electrons. The van der Waals surface area contributed by atoms with Gasteiger partial charge in [-0.2, -0.15) is 0 Å². The van der Waals surface area contributed by atoms with Gasteiger partial charge in [-0.05, 0) is 20.8 Å². The van der Waals surface area contributed by atoms with Crippen molar-refractivity contribution >= 4 is 14.0 Å². The van der Waals surface area contributed by atoms with Crippen molar-refractivity contribution in [2.24, 2.45) is 0 Å². The van der Waals surface area contributed by atoms with Crippen molar-refractivity contribution in [1.29, 1.82) is 0 Å². The van der Waals surface area contributed by atoms with E-state index in [2.05, 4.69) is 31.5 Å². The predicted octanol–water partition coefficient (Wildman–Crippen LogP) is 2.69. The summed E-state index contributed by atoms with van der Waals surface area (Å²) in [6, 6.07) is 0. The van der Waals surface area contributed by atoms with Gasteiger partial charge in [0, 0.05) is 11.9 Å². The summed E-state index contributed by atoms with van der Waals surface area (Å²) in [5.74, 6) is -0.396. The van der Waals surface area contributed by atoms with Crippen molar-refractivity contribution in [3.05, 3.63) is 18.2 Å². The summed E-state index contributed by atoms with van der Waals surface area (Å²) in [5, 5.41) is 0. The van der Waals surface area contributed by atoms with Gasteiger partial charge in [0.1, 0.15) is 6.73 Å². The number of nitrogens with zero attached hydrogens (tertiary/aromatic N) is 2. The monoisotopic (exact) mass is 284 g/mol. The van der Waals surface area contributed by atoms with Crippen molar-refractivity contribution in [1.82, 2.24) is 9.55 Å². The van der Waals surface area contributed by atoms with Crippen LogP contribution in [0, 0.1) is 0 Å². The summed E-state index contributed by atoms with van der Waals surface area (Å²) < 4.78 is 12.6. The first kappa shape index (κ1) is 15.9. The molecule has 0 aliphatic rings. The Morgan fingerprint density at radius 1 is 1.37 bits per heavy atom. The van der Waals surface area contributed by atoms with E-state index in [1.165, 1.54) is 0 Å². The number of hydrogen-bond donors (Lipinski definition) is 0. The molecule has 0 fully saturated rings. The van der Waals surface area contributed by atoms with E-state index in [1.54, 1.807) is 17.1 Å². The van der Waals surface area contributed by atoms with E-state index in [9.17, 15) is 4.79 Å². The molecule has 1 rings (SSSR count). The van der Waals surface area contributed by atoms with Gasteiger partial charge in [0.2, 0.25) is 0 Å². The highest BCUT2D eigenvalue weighted by Gasteiger charge is 2.23. The third-order valence-corrected chi connectivity index (χ3v) is 5.48. The number of hydrogen-bond acceptors (Lipinski definition) is 4. The summed E-state index contributed by atoms with van der Waals surface area (Å²) >= 11 is 0. The van der Waals surface area contributed by atoms with Gasteiger partial charge in [-0.1, -0.05) is 19.6 Å². The average molecular weight is 284 g/mol. The lowest BCUT2D eigenvalue weighted by molar-refractivity contribution is 0.0370. The van der Waals surface area contributed by atoms with E-state index in [1.807, 2.05) is 13.8 Å². The van der Waals surface area contributed by atoms with Crippen LogP contribution in [0.5, 0.6) is 0 Å². The molecular weight excluding hydrogens is 260 g/mol. The fraction of sp³-hybridized carbons (Fsp3) is 0.692. The molecule has 0 aromatic carbocycles. The first-order valence-electron chi connectivity index (χ1n) is 6.54. The van der Waals surface area contributed by atoms with Crippen LogP contribution in [0.1, 0.15) is 31.3 Å². The molecule has 0 saturated carbocycles. The number of carbonyl (C=O) groups is 1. The minimum atomic E-state index is -1.30. The van der Waals surface area contributed by atoms with Gasteiger partial charge in [0.05, 0.1) is 20.5 Å². The molecule has 1 aromatic rings. The van der Waals surface area contributed by atoms with Crippen molar-refractivity contribution in [3.8, 4) is 0 Å². The fourth-order valence-corrected chi connectivity index (χ4v) is 1.83. The molecule has 0 aliphatic carbocycles. The van der Waals surface area contributed by atoms with Gasteiger partial charge >= 0.3 is 5.97 Å². The Balaban J connectivity index is 2.54. The standard InChI is InChI=1S/C13H24N2O3Si/c1-10(2)18-13(16)12-7-15(8-14-12)9-17-11(3)19(4,5)6/h7-8,10-11H,9H2,1-6H3. The Labute approximate surface area is 115 Å². The molecule has 1 unspecified atom stereocenters. The van der Waals surface area contributed by atoms with Crippen LogP contribution >= 0.6 is 0 Å². The van der Waals surface area contributed by atoms with Crippen LogP contribution in [0.4, 0.5) is 0 Å². The third-order valence-electron chi connectivity index (χ3n) is 2.88. The summed E-state index contributed by atoms with van der Waals surface area (Å²) in [5.41, 5.74) is 0.568. The second-order valence-corrected chi connectivity index (χ2v) is 11.6. The summed E-state index contributed by atoms with van der Waals surface area (Å²) in [6.45, 7) is 12.9. The Hall–Kier alpha value is -1.14. The number of carbonyl (C=O) groups excluding carboxylic acids is 1. The Bertz CT molecular complexity index is 424. The summed E-state index contributed by atoms with van der Waals surface area (Å²) in [7, 11) is -1.30. The molecule has 0 spiro atoms. The molecule has 0 amide bonds. The first-order valence-corrected chi connectivity index (χ1v) is 10.1. The Kier molecular flexibility index (Phi) is 5.31. The normalized spacial score (nSPS) is 13.6. The third kappa shape index (κ3) is 5.16. The van der Waals surface area contributed by atoms with Crippen LogP contribution in [0.15, 0.2) is 12.5 Å². The lowest BCUT2D eigenvalue weighted by atomic mass is 10.4. The van der Waals surface area contributed by atoms with Gasteiger partial charge in [0.25, 0.3) is 0 Å². The zero-order chi connectivity index (χ0) is 14.6. The highest BCUT2D eigenvalue weighted by Crippen LogP contribution is 2.11. The molecule has 1 aromatic heterocycles. The highest BCUT2D eigenvalue weighted by molar-refractivity contribution is 6.77. The van der Waals surface area contributed by atoms with Crippen molar-refractivity contribution < 1.29 is 14.3 Å². The van der Waals surface area contributed by atoms with Crippen LogP contribution < -0.4 is 0 Å². The molecule has 6 heteroatoms. The highest BCUT2D eigenvalue weighted by atomic mass is 28.3. The Morgan fingerprint density at radius 2 is 2.00 bits per heavy atom. The molecule has 0 saturated heterocycles. The molecule has 0 bridgehead atoms. The minimum absolute atomic E-state index is 0.138. The maximum absolute atomic E-state index is 11.6. The van der Waals surface area contributed by atoms with Crippen molar-refractivity contribution in [3.63, 3.8) is 0 Å². The fourth-order valence-electron chi connectivity index (χ4n) is 1.26. The van der Waals surface area contributed by atoms with Gasteiger partial charge in [-0.15, -0.1) is 0 Å². The van der Waals surface area contributed by atoms with Crippen LogP contribution in [0.3, 0.4) is 0 Å². The SMILES string of the molecule is CC(C)OC(=O)c1cn(COC(C)[Si](C)(C)C)cn1. The van der Waals surface area contributed by atoms with Gasteiger partial charge in [-0.3, -0.25) is 0 Å². The van der Waals surface area contributed by atoms with E-state index in [0.29, 0.717) is 12.4 Å². The second-order valence-electron chi connectivity index (χ2n) is 6.03. The quantitative estimate of drug-likeness (QED) is 0.595. The van der Waals surface area contributed by atoms with Crippen LogP contribution in [0.25, 0.3) is 0 Å². The van der Waals surface area contributed by atoms with Gasteiger partial charge in [0.15, 0.2) is 5.69 Å². The van der Waals surface area contributed by atoms with Crippen molar-refractivity contribution in [2.75, 3.05) is 0 Å². The Morgan fingerprint density at radius 3 is 2.53 bits per heavy atom. The first-order chi connectivity index (χ1) is 8.70. The van der Waals surface area contributed by atoms with E-state index >= 15 is 0 Å². The largest absolute Gasteiger partial charge is 0.458 e. The average Bonchev–Trinajstić information content (AvgIpc) is 2.72. The molecule has 0 aliphatic heterocycles. The maximum atomic E-state index is 11.6. The molecule has 0 radical (unpaired) electrons. The molecule has 19 heavy (non-hydrogen) atoms.